The summed E-state index contributed by atoms with van der Waals surface area (Å²) in [6.45, 7) is 0.507. The van der Waals surface area contributed by atoms with Crippen LogP contribution < -0.4 is 5.73 Å². The molecular weight excluding hydrogens is 178 g/mol. The summed E-state index contributed by atoms with van der Waals surface area (Å²) in [5, 5.41) is 0. The quantitative estimate of drug-likeness (QED) is 0.663. The first-order chi connectivity index (χ1) is 6.83. The first-order valence-corrected chi connectivity index (χ1v) is 4.67. The summed E-state index contributed by atoms with van der Waals surface area (Å²) in [6, 6.07) is 9.87. The van der Waals surface area contributed by atoms with E-state index in [-0.39, 0.29) is 18.9 Å². The van der Waals surface area contributed by atoms with E-state index in [4.69, 9.17) is 10.5 Å². The van der Waals surface area contributed by atoms with Crippen molar-refractivity contribution in [3.05, 3.63) is 35.9 Å². The lowest BCUT2D eigenvalue weighted by molar-refractivity contribution is -0.143. The van der Waals surface area contributed by atoms with Gasteiger partial charge in [0.2, 0.25) is 0 Å². The van der Waals surface area contributed by atoms with Gasteiger partial charge in [-0.3, -0.25) is 10.5 Å². The maximum Gasteiger partial charge on any atom is 0.307 e. The summed E-state index contributed by atoms with van der Waals surface area (Å²) >= 11 is 0. The van der Waals surface area contributed by atoms with Gasteiger partial charge >= 0.3 is 5.97 Å². The van der Waals surface area contributed by atoms with Gasteiger partial charge in [0.25, 0.3) is 0 Å². The van der Waals surface area contributed by atoms with Crippen molar-refractivity contribution in [2.24, 2.45) is 0 Å². The molecule has 0 aliphatic carbocycles. The van der Waals surface area contributed by atoms with Crippen molar-refractivity contribution in [1.82, 2.24) is 5.73 Å². The van der Waals surface area contributed by atoms with E-state index < -0.39 is 0 Å². The predicted octanol–water partition coefficient (Wildman–Crippen LogP) is 1.45. The van der Waals surface area contributed by atoms with Gasteiger partial charge in [0.15, 0.2) is 0 Å². The van der Waals surface area contributed by atoms with Gasteiger partial charge in [-0.2, -0.15) is 0 Å². The molecule has 0 spiro atoms. The maximum atomic E-state index is 10.9. The average Bonchev–Trinajstić information content (AvgIpc) is 2.20. The molecule has 3 nitrogen and oxygen atoms in total. The second-order valence-corrected chi connectivity index (χ2v) is 2.96. The minimum absolute atomic E-state index is 0.101. The lowest BCUT2D eigenvalue weighted by Gasteiger charge is -2.03. The van der Waals surface area contributed by atoms with Crippen LogP contribution in [0.3, 0.4) is 0 Å². The molecule has 1 rings (SSSR count). The van der Waals surface area contributed by atoms with Crippen LogP contribution in [0.1, 0.15) is 12.0 Å². The second-order valence-electron chi connectivity index (χ2n) is 2.96. The van der Waals surface area contributed by atoms with Crippen molar-refractivity contribution in [2.75, 3.05) is 13.2 Å². The fraction of sp³-hybridized carbons (Fsp3) is 0.364. The van der Waals surface area contributed by atoms with E-state index in [1.165, 1.54) is 0 Å². The molecule has 0 unspecified atom stereocenters. The van der Waals surface area contributed by atoms with Crippen molar-refractivity contribution in [3.63, 3.8) is 0 Å². The van der Waals surface area contributed by atoms with E-state index in [0.29, 0.717) is 6.61 Å². The van der Waals surface area contributed by atoms with Gasteiger partial charge in [0, 0.05) is 13.0 Å². The minimum atomic E-state index is -0.282. The van der Waals surface area contributed by atoms with Crippen molar-refractivity contribution in [1.29, 1.82) is 0 Å². The fourth-order valence-electron chi connectivity index (χ4n) is 1.10. The van der Waals surface area contributed by atoms with Crippen LogP contribution in [0.2, 0.25) is 0 Å². The summed E-state index contributed by atoms with van der Waals surface area (Å²) < 4.78 is 4.93. The molecule has 14 heavy (non-hydrogen) atoms. The topological polar surface area (TPSA) is 50.1 Å². The van der Waals surface area contributed by atoms with Crippen LogP contribution in [0, 0.1) is 0 Å². The smallest absolute Gasteiger partial charge is 0.307 e. The van der Waals surface area contributed by atoms with Crippen LogP contribution in [0.25, 0.3) is 0 Å². The highest BCUT2D eigenvalue weighted by molar-refractivity contribution is 5.69. The van der Waals surface area contributed by atoms with Gasteiger partial charge in [-0.05, 0) is 5.56 Å². The summed E-state index contributed by atoms with van der Waals surface area (Å²) in [6.07, 6.45) is 0.930. The van der Waals surface area contributed by atoms with Gasteiger partial charge in [-0.25, -0.2) is 0 Å². The van der Waals surface area contributed by atoms with Crippen molar-refractivity contribution >= 4 is 5.97 Å². The molecule has 0 aliphatic heterocycles. The Kier molecular flexibility index (Phi) is 4.72. The first-order valence-electron chi connectivity index (χ1n) is 4.67. The van der Waals surface area contributed by atoms with Crippen molar-refractivity contribution < 1.29 is 9.53 Å². The van der Waals surface area contributed by atoms with Crippen LogP contribution in [-0.4, -0.2) is 19.1 Å². The molecule has 0 atom stereocenters. The van der Waals surface area contributed by atoms with Gasteiger partial charge in [-0.1, -0.05) is 30.3 Å². The van der Waals surface area contributed by atoms with Crippen LogP contribution in [-0.2, 0) is 16.0 Å². The Balaban J connectivity index is 2.19. The van der Waals surface area contributed by atoms with Crippen molar-refractivity contribution in [3.8, 4) is 0 Å². The Labute approximate surface area is 83.9 Å². The third-order valence-electron chi connectivity index (χ3n) is 1.83. The molecule has 0 saturated carbocycles. The zero-order chi connectivity index (χ0) is 10.2. The molecule has 0 aromatic heterocycles. The van der Waals surface area contributed by atoms with Crippen LogP contribution in [0.5, 0.6) is 0 Å². The molecular formula is C11H14NO2. The molecule has 0 aliphatic rings. The van der Waals surface area contributed by atoms with Gasteiger partial charge in [0.1, 0.15) is 0 Å². The summed E-state index contributed by atoms with van der Waals surface area (Å²) in [7, 11) is 0. The number of hydrogen-bond acceptors (Lipinski definition) is 2. The fourth-order valence-corrected chi connectivity index (χ4v) is 1.10. The lowest BCUT2D eigenvalue weighted by Crippen LogP contribution is -2.09. The monoisotopic (exact) mass is 192 g/mol. The Morgan fingerprint density at radius 2 is 2.00 bits per heavy atom. The molecule has 1 aromatic carbocycles. The number of benzene rings is 1. The Bertz CT molecular complexity index is 272. The highest BCUT2D eigenvalue weighted by atomic mass is 16.5. The number of carbonyl (C=O) groups excluding carboxylic acids is 1. The molecule has 0 amide bonds. The molecule has 0 fully saturated rings. The van der Waals surface area contributed by atoms with Crippen LogP contribution in [0.4, 0.5) is 0 Å². The number of esters is 1. The SMILES string of the molecule is [NH]CCC(=O)OCCc1ccccc1. The second kappa shape index (κ2) is 6.16. The molecule has 0 saturated heterocycles. The number of carbonyl (C=O) groups is 1. The molecule has 1 aromatic rings. The summed E-state index contributed by atoms with van der Waals surface area (Å²) in [5.74, 6) is -0.282. The van der Waals surface area contributed by atoms with E-state index in [9.17, 15) is 4.79 Å². The first kappa shape index (κ1) is 10.7. The standard InChI is InChI=1S/C11H14NO2/c12-8-6-11(13)14-9-7-10-4-2-1-3-5-10/h1-5,12H,6-9H2. The van der Waals surface area contributed by atoms with Gasteiger partial charge < -0.3 is 4.74 Å². The van der Waals surface area contributed by atoms with Crippen LogP contribution >= 0.6 is 0 Å². The predicted molar refractivity (Wildman–Crippen MR) is 53.7 cm³/mol. The van der Waals surface area contributed by atoms with E-state index in [1.807, 2.05) is 30.3 Å². The number of nitrogens with one attached hydrogen (secondary N) is 1. The van der Waals surface area contributed by atoms with Crippen molar-refractivity contribution in [2.45, 2.75) is 12.8 Å². The molecule has 3 heteroatoms. The zero-order valence-electron chi connectivity index (χ0n) is 8.03. The van der Waals surface area contributed by atoms with E-state index >= 15 is 0 Å². The maximum absolute atomic E-state index is 10.9. The molecule has 0 heterocycles. The largest absolute Gasteiger partial charge is 0.465 e. The molecule has 1 radical (unpaired) electrons. The number of hydrogen-bond donors (Lipinski definition) is 0. The Morgan fingerprint density at radius 1 is 1.29 bits per heavy atom. The third kappa shape index (κ3) is 4.05. The molecule has 0 bridgehead atoms. The highest BCUT2D eigenvalue weighted by Crippen LogP contribution is 1.99. The molecule has 75 valence electrons. The molecule has 1 N–H and O–H groups in total. The van der Waals surface area contributed by atoms with Gasteiger partial charge in [-0.15, -0.1) is 0 Å². The van der Waals surface area contributed by atoms with E-state index in [2.05, 4.69) is 0 Å². The zero-order valence-corrected chi connectivity index (χ0v) is 8.03. The van der Waals surface area contributed by atoms with E-state index in [0.717, 1.165) is 12.0 Å². The van der Waals surface area contributed by atoms with Crippen LogP contribution in [0.15, 0.2) is 30.3 Å². The summed E-state index contributed by atoms with van der Waals surface area (Å²) in [5.41, 5.74) is 7.99. The average molecular weight is 192 g/mol. The summed E-state index contributed by atoms with van der Waals surface area (Å²) in [4.78, 5) is 10.9. The highest BCUT2D eigenvalue weighted by Gasteiger charge is 2.00. The third-order valence-corrected chi connectivity index (χ3v) is 1.83. The van der Waals surface area contributed by atoms with Gasteiger partial charge in [0.05, 0.1) is 13.0 Å². The van der Waals surface area contributed by atoms with E-state index in [1.54, 1.807) is 0 Å². The Hall–Kier alpha value is -1.35. The lowest BCUT2D eigenvalue weighted by atomic mass is 10.2. The normalized spacial score (nSPS) is 9.79. The Morgan fingerprint density at radius 3 is 2.64 bits per heavy atom. The number of ether oxygens (including phenoxy) is 1. The number of rotatable bonds is 5. The minimum Gasteiger partial charge on any atom is -0.465 e.